The maximum Gasteiger partial charge on any atom is 0.384 e. The van der Waals surface area contributed by atoms with Crippen LogP contribution < -0.4 is 10.1 Å². The first-order valence-electron chi connectivity index (χ1n) is 5.70. The van der Waals surface area contributed by atoms with Gasteiger partial charge in [0.15, 0.2) is 0 Å². The van der Waals surface area contributed by atoms with Crippen molar-refractivity contribution in [1.82, 2.24) is 15.2 Å². The summed E-state index contributed by atoms with van der Waals surface area (Å²) in [5.74, 6) is -0.198. The molecule has 0 aliphatic carbocycles. The molecule has 3 unspecified atom stereocenters. The van der Waals surface area contributed by atoms with Gasteiger partial charge in [0.05, 0.1) is 12.1 Å². The lowest BCUT2D eigenvalue weighted by Crippen LogP contribution is -2.50. The first-order valence-corrected chi connectivity index (χ1v) is 6.03. The van der Waals surface area contributed by atoms with Gasteiger partial charge in [0.1, 0.15) is 0 Å². The second-order valence-corrected chi connectivity index (χ2v) is 3.85. The smallest absolute Gasteiger partial charge is 0.384 e. The van der Waals surface area contributed by atoms with Crippen LogP contribution in [0, 0.1) is 0 Å². The molecular formula is C9H21N3O3S. The first kappa shape index (κ1) is 13.7. The fourth-order valence-electron chi connectivity index (χ4n) is 1.37. The monoisotopic (exact) mass is 253 g/mol. The van der Waals surface area contributed by atoms with Crippen molar-refractivity contribution in [2.45, 2.75) is 39.3 Å². The topological polar surface area (TPSA) is 87.7 Å². The lowest BCUT2D eigenvalue weighted by molar-refractivity contribution is -0.120. The van der Waals surface area contributed by atoms with E-state index in [1.807, 2.05) is 13.8 Å². The van der Waals surface area contributed by atoms with Crippen molar-refractivity contribution < 1.29 is 14.5 Å². The van der Waals surface area contributed by atoms with Crippen molar-refractivity contribution in [3.05, 3.63) is 0 Å². The van der Waals surface area contributed by atoms with E-state index >= 15 is 0 Å². The van der Waals surface area contributed by atoms with Crippen molar-refractivity contribution in [3.63, 3.8) is 0 Å². The second-order valence-electron chi connectivity index (χ2n) is 3.50. The van der Waals surface area contributed by atoms with Gasteiger partial charge in [-0.25, -0.2) is 5.01 Å². The van der Waals surface area contributed by atoms with E-state index in [0.29, 0.717) is 13.0 Å². The first-order chi connectivity index (χ1) is 7.90. The molecule has 3 N–H and O–H groups in total. The molecule has 1 amide bonds. The number of hydrogen-bond acceptors (Lipinski definition) is 5. The number of thiol groups is 1. The van der Waals surface area contributed by atoms with E-state index < -0.39 is 18.2 Å². The van der Waals surface area contributed by atoms with Gasteiger partial charge in [0.2, 0.25) is 5.91 Å². The van der Waals surface area contributed by atoms with Crippen LogP contribution in [-0.4, -0.2) is 46.9 Å². The zero-order chi connectivity index (χ0) is 13.4. The average molecular weight is 253 g/mol. The fraction of sp³-hybridized carbons (Fsp3) is 0.889. The third-order valence-electron chi connectivity index (χ3n) is 2.25. The molecule has 0 spiro atoms. The van der Waals surface area contributed by atoms with Gasteiger partial charge >= 0.3 is 1.12 Å². The minimum absolute atomic E-state index is 0.194. The van der Waals surface area contributed by atoms with E-state index in [2.05, 4.69) is 10.1 Å². The summed E-state index contributed by atoms with van der Waals surface area (Å²) in [5, 5.41) is 14.0. The lowest BCUT2D eigenvalue weighted by atomic mass is 10.1. The third kappa shape index (κ3) is 6.29. The molecule has 0 aliphatic rings. The number of aliphatic hydroxyl groups excluding tert-OH is 1. The van der Waals surface area contributed by atoms with Crippen LogP contribution in [0.3, 0.4) is 0 Å². The summed E-state index contributed by atoms with van der Waals surface area (Å²) >= 11 is -1.91. The number of nitrogens with zero attached hydrogens (tertiary/aromatic N) is 1. The van der Waals surface area contributed by atoms with E-state index in [9.17, 15) is 14.5 Å². The van der Waals surface area contributed by atoms with Gasteiger partial charge in [-0.15, -0.1) is 0 Å². The minimum Gasteiger partial charge on any atom is -0.599 e. The predicted molar refractivity (Wildman–Crippen MR) is 63.8 cm³/mol. The van der Waals surface area contributed by atoms with Crippen molar-refractivity contribution >= 4 is 18.0 Å². The summed E-state index contributed by atoms with van der Waals surface area (Å²) in [6.07, 6.45) is -0.178. The molecular weight excluding hydrogens is 230 g/mol. The van der Waals surface area contributed by atoms with E-state index in [0.717, 1.165) is 0 Å². The molecule has 0 aromatic rings. The molecule has 7 heteroatoms. The van der Waals surface area contributed by atoms with Crippen LogP contribution in [-0.2, 0) is 16.9 Å². The molecule has 0 bridgehead atoms. The van der Waals surface area contributed by atoms with Gasteiger partial charge in [-0.2, -0.15) is 0 Å². The molecule has 0 rings (SSSR count). The largest absolute Gasteiger partial charge is 0.599 e. The Morgan fingerprint density at radius 2 is 2.31 bits per heavy atom. The van der Waals surface area contributed by atoms with E-state index in [4.69, 9.17) is 1.12 Å². The number of nitrogens with one attached hydrogen (secondary N) is 2. The molecule has 0 saturated heterocycles. The van der Waals surface area contributed by atoms with Crippen LogP contribution in [0.5, 0.6) is 0 Å². The zero-order valence-corrected chi connectivity index (χ0v) is 10.7. The Morgan fingerprint density at radius 1 is 1.69 bits per heavy atom. The molecule has 0 aromatic heterocycles. The molecule has 96 valence electrons. The van der Waals surface area contributed by atoms with Gasteiger partial charge in [-0.3, -0.25) is 4.79 Å². The third-order valence-corrected chi connectivity index (χ3v) is 2.58. The molecule has 16 heavy (non-hydrogen) atoms. The summed E-state index contributed by atoms with van der Waals surface area (Å²) in [6, 6.07) is -0.345. The standard InChI is InChI=1S/C9H21N3O3S/c1-4-8(10-7(3)13)9(14)6-12(5-2)11-16-15/h8-9,11,14,16H,4-6H2,1-3H3,(H,10,13)/i16T. The Morgan fingerprint density at radius 3 is 2.69 bits per heavy atom. The molecule has 0 aromatic carbocycles. The van der Waals surface area contributed by atoms with Crippen LogP contribution in [0.1, 0.15) is 27.2 Å². The number of amides is 1. The average Bonchev–Trinajstić information content (AvgIpc) is 2.23. The summed E-state index contributed by atoms with van der Waals surface area (Å²) in [5.41, 5.74) is 0. The van der Waals surface area contributed by atoms with Gasteiger partial charge in [-0.05, 0) is 6.42 Å². The normalized spacial score (nSPS) is 17.8. The molecule has 0 saturated carbocycles. The van der Waals surface area contributed by atoms with E-state index in [1.165, 1.54) is 11.9 Å². The van der Waals surface area contributed by atoms with Crippen molar-refractivity contribution in [1.29, 1.82) is 1.12 Å². The van der Waals surface area contributed by atoms with E-state index in [1.54, 1.807) is 0 Å². The fourth-order valence-corrected chi connectivity index (χ4v) is 1.68. The maximum absolute atomic E-state index is 10.9. The lowest BCUT2D eigenvalue weighted by Gasteiger charge is -2.26. The summed E-state index contributed by atoms with van der Waals surface area (Å²) in [7, 11) is 0. The second kappa shape index (κ2) is 8.77. The Hall–Kier alpha value is -0.340. The van der Waals surface area contributed by atoms with Crippen LogP contribution in [0.4, 0.5) is 0 Å². The number of aliphatic hydroxyl groups is 1. The Kier molecular flexibility index (Phi) is 7.52. The summed E-state index contributed by atoms with van der Waals surface area (Å²) in [6.45, 7) is 5.75. The molecule has 3 atom stereocenters. The SMILES string of the molecule is [3H][S+]([O-])NN(CC)CC(O)C(CC)NC(C)=O. The molecule has 6 nitrogen and oxygen atoms in total. The highest BCUT2D eigenvalue weighted by Gasteiger charge is 2.20. The van der Waals surface area contributed by atoms with Crippen molar-refractivity contribution in [2.24, 2.45) is 0 Å². The van der Waals surface area contributed by atoms with Crippen LogP contribution >= 0.6 is 0 Å². The Bertz CT molecular complexity index is 234. The highest BCUT2D eigenvalue weighted by atomic mass is 32.2. The van der Waals surface area contributed by atoms with Gasteiger partial charge in [0.25, 0.3) is 0 Å². The highest BCUT2D eigenvalue weighted by Crippen LogP contribution is 2.01. The molecule has 0 radical (unpaired) electrons. The number of hydrazine groups is 1. The number of hydrogen-bond donors (Lipinski definition) is 3. The van der Waals surface area contributed by atoms with Crippen LogP contribution in [0.25, 0.3) is 0 Å². The van der Waals surface area contributed by atoms with Gasteiger partial charge in [0, 0.05) is 32.1 Å². The number of likely N-dealkylation sites (N-methyl/N-ethyl adjacent to an activating group) is 1. The number of carbonyl (C=O) groups is 1. The minimum atomic E-state index is -1.91. The maximum atomic E-state index is 10.9. The zero-order valence-electron chi connectivity index (χ0n) is 10.9. The van der Waals surface area contributed by atoms with Crippen LogP contribution in [0.2, 0.25) is 0 Å². The van der Waals surface area contributed by atoms with Gasteiger partial charge in [-0.1, -0.05) is 18.7 Å². The predicted octanol–water partition coefficient (Wildman–Crippen LogP) is -1.05. The van der Waals surface area contributed by atoms with Crippen molar-refractivity contribution in [3.8, 4) is 0 Å². The van der Waals surface area contributed by atoms with E-state index in [-0.39, 0.29) is 18.5 Å². The summed E-state index contributed by atoms with van der Waals surface area (Å²) < 4.78 is 17.6. The van der Waals surface area contributed by atoms with Gasteiger partial charge < -0.3 is 15.0 Å². The molecule has 0 fully saturated rings. The van der Waals surface area contributed by atoms with Crippen molar-refractivity contribution in [2.75, 3.05) is 13.1 Å². The quantitative estimate of drug-likeness (QED) is 0.292. The highest BCUT2D eigenvalue weighted by molar-refractivity contribution is 7.70. The van der Waals surface area contributed by atoms with Crippen LogP contribution in [0.15, 0.2) is 0 Å². The Labute approximate surface area is 102 Å². The molecule has 0 aliphatic heterocycles. The molecule has 0 heterocycles. The summed E-state index contributed by atoms with van der Waals surface area (Å²) in [4.78, 5) is 13.3. The number of carbonyl (C=O) groups excluding carboxylic acids is 1. The Balaban J connectivity index is 4.25. The number of rotatable bonds is 8.